The molecule has 0 aliphatic rings. The van der Waals surface area contributed by atoms with Gasteiger partial charge in [-0.1, -0.05) is 6.92 Å². The molecule has 1 aromatic carbocycles. The van der Waals surface area contributed by atoms with Crippen LogP contribution in [0, 0.1) is 15.9 Å². The summed E-state index contributed by atoms with van der Waals surface area (Å²) in [5.74, 6) is -0.561. The molecule has 6 heteroatoms. The van der Waals surface area contributed by atoms with Crippen molar-refractivity contribution in [2.24, 2.45) is 0 Å². The van der Waals surface area contributed by atoms with Gasteiger partial charge < -0.3 is 10.4 Å². The second kappa shape index (κ2) is 5.09. The maximum Gasteiger partial charge on any atom is 0.292 e. The molecule has 5 nitrogen and oxygen atoms in total. The fourth-order valence-corrected chi connectivity index (χ4v) is 1.22. The Morgan fingerprint density at radius 1 is 1.59 bits per heavy atom. The number of nitrogens with one attached hydrogen (secondary N) is 1. The van der Waals surface area contributed by atoms with Gasteiger partial charge in [-0.25, -0.2) is 4.39 Å². The van der Waals surface area contributed by atoms with Crippen LogP contribution in [0.5, 0.6) is 0 Å². The second-order valence-electron chi connectivity index (χ2n) is 4.12. The Bertz CT molecular complexity index is 421. The normalized spacial score (nSPS) is 14.1. The van der Waals surface area contributed by atoms with E-state index in [1.54, 1.807) is 13.8 Å². The molecule has 0 saturated carbocycles. The number of halogens is 1. The van der Waals surface area contributed by atoms with E-state index >= 15 is 0 Å². The van der Waals surface area contributed by atoms with Crippen molar-refractivity contribution in [3.63, 3.8) is 0 Å². The average molecular weight is 242 g/mol. The van der Waals surface area contributed by atoms with Crippen molar-refractivity contribution < 1.29 is 14.4 Å². The van der Waals surface area contributed by atoms with Gasteiger partial charge in [0.2, 0.25) is 0 Å². The number of nitrogens with zero attached hydrogens (tertiary/aromatic N) is 1. The average Bonchev–Trinajstić information content (AvgIpc) is 2.26. The van der Waals surface area contributed by atoms with Crippen LogP contribution in [0.4, 0.5) is 15.8 Å². The monoisotopic (exact) mass is 242 g/mol. The first-order chi connectivity index (χ1) is 7.85. The van der Waals surface area contributed by atoms with E-state index in [0.29, 0.717) is 6.42 Å². The minimum Gasteiger partial charge on any atom is -0.388 e. The van der Waals surface area contributed by atoms with Crippen LogP contribution < -0.4 is 5.32 Å². The zero-order chi connectivity index (χ0) is 13.1. The molecule has 1 unspecified atom stereocenters. The van der Waals surface area contributed by atoms with Crippen molar-refractivity contribution in [2.45, 2.75) is 25.9 Å². The highest BCUT2D eigenvalue weighted by Crippen LogP contribution is 2.25. The number of rotatable bonds is 5. The van der Waals surface area contributed by atoms with Gasteiger partial charge in [0.25, 0.3) is 5.69 Å². The summed E-state index contributed by atoms with van der Waals surface area (Å²) in [6.45, 7) is 3.51. The van der Waals surface area contributed by atoms with Crippen molar-refractivity contribution in [1.29, 1.82) is 0 Å². The Kier molecular flexibility index (Phi) is 4.01. The Morgan fingerprint density at radius 3 is 2.76 bits per heavy atom. The summed E-state index contributed by atoms with van der Waals surface area (Å²) in [6.07, 6.45) is 0.489. The molecule has 94 valence electrons. The summed E-state index contributed by atoms with van der Waals surface area (Å²) in [4.78, 5) is 10.1. The van der Waals surface area contributed by atoms with E-state index < -0.39 is 16.3 Å². The zero-order valence-corrected chi connectivity index (χ0v) is 9.74. The second-order valence-corrected chi connectivity index (χ2v) is 4.12. The third kappa shape index (κ3) is 3.67. The molecule has 0 bridgehead atoms. The summed E-state index contributed by atoms with van der Waals surface area (Å²) in [5.41, 5.74) is -1.12. The number of anilines is 1. The first-order valence-electron chi connectivity index (χ1n) is 5.26. The molecular weight excluding hydrogens is 227 g/mol. The molecule has 2 N–H and O–H groups in total. The SMILES string of the molecule is CCC(C)(O)CNc1cc(F)ccc1[N+](=O)[O-]. The van der Waals surface area contributed by atoms with Gasteiger partial charge in [0.05, 0.1) is 10.5 Å². The smallest absolute Gasteiger partial charge is 0.292 e. The molecule has 0 aliphatic heterocycles. The number of aliphatic hydroxyl groups is 1. The quantitative estimate of drug-likeness (QED) is 0.613. The number of nitro benzene ring substituents is 1. The third-order valence-electron chi connectivity index (χ3n) is 2.58. The lowest BCUT2D eigenvalue weighted by Gasteiger charge is -2.22. The maximum absolute atomic E-state index is 13.0. The van der Waals surface area contributed by atoms with Crippen LogP contribution in [-0.2, 0) is 0 Å². The molecule has 1 rings (SSSR count). The van der Waals surface area contributed by atoms with Crippen LogP contribution in [0.1, 0.15) is 20.3 Å². The summed E-state index contributed by atoms with van der Waals surface area (Å²) < 4.78 is 13.0. The van der Waals surface area contributed by atoms with Gasteiger partial charge in [-0.05, 0) is 19.4 Å². The van der Waals surface area contributed by atoms with Crippen LogP contribution >= 0.6 is 0 Å². The van der Waals surface area contributed by atoms with Gasteiger partial charge >= 0.3 is 0 Å². The number of hydrogen-bond donors (Lipinski definition) is 2. The third-order valence-corrected chi connectivity index (χ3v) is 2.58. The summed E-state index contributed by atoms with van der Waals surface area (Å²) >= 11 is 0. The molecular formula is C11H15FN2O3. The predicted molar refractivity (Wildman–Crippen MR) is 62.5 cm³/mol. The van der Waals surface area contributed by atoms with Crippen molar-refractivity contribution in [2.75, 3.05) is 11.9 Å². The van der Waals surface area contributed by atoms with E-state index in [1.807, 2.05) is 0 Å². The van der Waals surface area contributed by atoms with Crippen LogP contribution in [0.2, 0.25) is 0 Å². The zero-order valence-electron chi connectivity index (χ0n) is 9.74. The van der Waals surface area contributed by atoms with Crippen molar-refractivity contribution in [3.05, 3.63) is 34.1 Å². The van der Waals surface area contributed by atoms with Gasteiger partial charge in [0.1, 0.15) is 11.5 Å². The highest BCUT2D eigenvalue weighted by Gasteiger charge is 2.20. The Hall–Kier alpha value is -1.69. The first-order valence-corrected chi connectivity index (χ1v) is 5.26. The lowest BCUT2D eigenvalue weighted by molar-refractivity contribution is -0.384. The van der Waals surface area contributed by atoms with Crippen LogP contribution in [-0.4, -0.2) is 22.2 Å². The molecule has 0 aromatic heterocycles. The largest absolute Gasteiger partial charge is 0.388 e. The topological polar surface area (TPSA) is 75.4 Å². The fraction of sp³-hybridized carbons (Fsp3) is 0.455. The maximum atomic E-state index is 13.0. The molecule has 0 aliphatic carbocycles. The first kappa shape index (κ1) is 13.4. The minimum absolute atomic E-state index is 0.0729. The van der Waals surface area contributed by atoms with E-state index in [9.17, 15) is 19.6 Å². The Labute approximate surface area is 98.4 Å². The van der Waals surface area contributed by atoms with E-state index in [2.05, 4.69) is 5.32 Å². The van der Waals surface area contributed by atoms with Gasteiger partial charge in [-0.2, -0.15) is 0 Å². The van der Waals surface area contributed by atoms with Crippen molar-refractivity contribution in [1.82, 2.24) is 0 Å². The lowest BCUT2D eigenvalue weighted by atomic mass is 10.0. The molecule has 0 spiro atoms. The summed E-state index contributed by atoms with van der Waals surface area (Å²) in [7, 11) is 0. The molecule has 1 atom stereocenters. The molecule has 0 amide bonds. The van der Waals surface area contributed by atoms with Crippen LogP contribution in [0.3, 0.4) is 0 Å². The molecule has 0 heterocycles. The molecule has 17 heavy (non-hydrogen) atoms. The molecule has 0 fully saturated rings. The van der Waals surface area contributed by atoms with Gasteiger partial charge in [-0.3, -0.25) is 10.1 Å². The minimum atomic E-state index is -0.986. The Morgan fingerprint density at radius 2 is 2.24 bits per heavy atom. The highest BCUT2D eigenvalue weighted by atomic mass is 19.1. The fourth-order valence-electron chi connectivity index (χ4n) is 1.22. The summed E-state index contributed by atoms with van der Waals surface area (Å²) in [5, 5.41) is 23.2. The number of nitro groups is 1. The predicted octanol–water partition coefficient (Wildman–Crippen LogP) is 2.31. The van der Waals surface area contributed by atoms with E-state index in [0.717, 1.165) is 18.2 Å². The highest BCUT2D eigenvalue weighted by molar-refractivity contribution is 5.61. The number of hydrogen-bond acceptors (Lipinski definition) is 4. The number of benzene rings is 1. The summed E-state index contributed by atoms with van der Waals surface area (Å²) in [6, 6.07) is 3.17. The van der Waals surface area contributed by atoms with E-state index in [1.165, 1.54) is 0 Å². The molecule has 0 radical (unpaired) electrons. The van der Waals surface area contributed by atoms with Crippen molar-refractivity contribution in [3.8, 4) is 0 Å². The van der Waals surface area contributed by atoms with E-state index in [-0.39, 0.29) is 17.9 Å². The van der Waals surface area contributed by atoms with Crippen molar-refractivity contribution >= 4 is 11.4 Å². The van der Waals surface area contributed by atoms with Crippen LogP contribution in [0.25, 0.3) is 0 Å². The van der Waals surface area contributed by atoms with Gasteiger partial charge in [0, 0.05) is 18.7 Å². The van der Waals surface area contributed by atoms with Gasteiger partial charge in [-0.15, -0.1) is 0 Å². The molecule has 0 saturated heterocycles. The molecule has 1 aromatic rings. The standard InChI is InChI=1S/C11H15FN2O3/c1-3-11(2,15)7-13-9-6-8(12)4-5-10(9)14(16)17/h4-6,13,15H,3,7H2,1-2H3. The Balaban J connectivity index is 2.89. The van der Waals surface area contributed by atoms with Crippen LogP contribution in [0.15, 0.2) is 18.2 Å². The van der Waals surface area contributed by atoms with E-state index in [4.69, 9.17) is 0 Å². The van der Waals surface area contributed by atoms with Gasteiger partial charge in [0.15, 0.2) is 0 Å². The lowest BCUT2D eigenvalue weighted by Crippen LogP contribution is -2.32.